The second-order valence-corrected chi connectivity index (χ2v) is 10.6. The van der Waals surface area contributed by atoms with Gasteiger partial charge in [0.25, 0.3) is 11.8 Å². The Hall–Kier alpha value is -3.84. The normalized spacial score (nSPS) is 14.2. The monoisotopic (exact) mass is 574 g/mol. The van der Waals surface area contributed by atoms with Gasteiger partial charge in [-0.2, -0.15) is 0 Å². The number of hydrogen-bond donors (Lipinski definition) is 1. The molecule has 1 aliphatic heterocycles. The first kappa shape index (κ1) is 30.1. The fourth-order valence-electron chi connectivity index (χ4n) is 5.42. The lowest BCUT2D eigenvalue weighted by Crippen LogP contribution is -2.38. The minimum Gasteiger partial charge on any atom is -0.369 e. The maximum absolute atomic E-state index is 13.7. The van der Waals surface area contributed by atoms with Gasteiger partial charge in [-0.3, -0.25) is 14.4 Å². The number of halogens is 1. The third-order valence-corrected chi connectivity index (χ3v) is 8.04. The van der Waals surface area contributed by atoms with E-state index < -0.39 is 0 Å². The fourth-order valence-corrected chi connectivity index (χ4v) is 5.64. The Labute approximate surface area is 248 Å². The van der Waals surface area contributed by atoms with Crippen LogP contribution in [0.15, 0.2) is 72.8 Å². The molecule has 1 aliphatic rings. The molecule has 3 aromatic carbocycles. The van der Waals surface area contributed by atoms with E-state index in [-0.39, 0.29) is 23.6 Å². The van der Waals surface area contributed by atoms with E-state index in [9.17, 15) is 14.4 Å². The molecule has 1 saturated heterocycles. The minimum atomic E-state index is -0.336. The van der Waals surface area contributed by atoms with Crippen molar-refractivity contribution in [3.63, 3.8) is 0 Å². The summed E-state index contributed by atoms with van der Waals surface area (Å²) >= 11 is 6.23. The molecule has 0 aromatic heterocycles. The van der Waals surface area contributed by atoms with Gasteiger partial charge in [0.1, 0.15) is 0 Å². The van der Waals surface area contributed by atoms with Crippen LogP contribution in [0.25, 0.3) is 0 Å². The highest BCUT2D eigenvalue weighted by atomic mass is 35.5. The van der Waals surface area contributed by atoms with Crippen molar-refractivity contribution in [2.24, 2.45) is 0 Å². The molecule has 41 heavy (non-hydrogen) atoms. The van der Waals surface area contributed by atoms with E-state index in [1.54, 1.807) is 35.2 Å². The van der Waals surface area contributed by atoms with E-state index in [2.05, 4.69) is 17.1 Å². The van der Waals surface area contributed by atoms with Gasteiger partial charge in [-0.05, 0) is 62.6 Å². The summed E-state index contributed by atoms with van der Waals surface area (Å²) in [5, 5.41) is 3.27. The van der Waals surface area contributed by atoms with E-state index in [4.69, 9.17) is 11.6 Å². The number of amides is 3. The average Bonchev–Trinajstić information content (AvgIpc) is 3.25. The van der Waals surface area contributed by atoms with Crippen molar-refractivity contribution in [2.75, 3.05) is 49.5 Å². The van der Waals surface area contributed by atoms with Crippen LogP contribution in [-0.4, -0.2) is 66.8 Å². The number of hydrogen-bond acceptors (Lipinski definition) is 4. The van der Waals surface area contributed by atoms with Crippen molar-refractivity contribution in [3.05, 3.63) is 94.5 Å². The van der Waals surface area contributed by atoms with Crippen LogP contribution >= 0.6 is 11.6 Å². The van der Waals surface area contributed by atoms with Crippen LogP contribution in [0.2, 0.25) is 5.02 Å². The summed E-state index contributed by atoms with van der Waals surface area (Å²) in [6, 6.07) is 22.3. The molecule has 1 fully saturated rings. The minimum absolute atomic E-state index is 0.0915. The van der Waals surface area contributed by atoms with Crippen LogP contribution in [0.4, 0.5) is 11.4 Å². The Morgan fingerprint density at radius 3 is 2.24 bits per heavy atom. The topological polar surface area (TPSA) is 73.0 Å². The highest BCUT2D eigenvalue weighted by Crippen LogP contribution is 2.29. The Morgan fingerprint density at radius 1 is 0.854 bits per heavy atom. The smallest absolute Gasteiger partial charge is 0.257 e. The van der Waals surface area contributed by atoms with E-state index in [1.165, 1.54) is 0 Å². The zero-order valence-electron chi connectivity index (χ0n) is 24.1. The molecule has 0 saturated carbocycles. The molecule has 3 amide bonds. The zero-order chi connectivity index (χ0) is 29.4. The van der Waals surface area contributed by atoms with Gasteiger partial charge in [-0.25, -0.2) is 0 Å². The first-order valence-corrected chi connectivity index (χ1v) is 14.8. The first-order valence-electron chi connectivity index (χ1n) is 14.5. The van der Waals surface area contributed by atoms with Crippen LogP contribution < -0.4 is 10.2 Å². The number of anilines is 2. The Morgan fingerprint density at radius 2 is 1.56 bits per heavy atom. The first-order chi connectivity index (χ1) is 19.9. The third kappa shape index (κ3) is 7.09. The molecule has 1 heterocycles. The number of benzene rings is 3. The van der Waals surface area contributed by atoms with Crippen molar-refractivity contribution in [3.8, 4) is 0 Å². The molecule has 216 valence electrons. The van der Waals surface area contributed by atoms with E-state index in [0.29, 0.717) is 54.6 Å². The molecule has 0 unspecified atom stereocenters. The lowest BCUT2D eigenvalue weighted by Gasteiger charge is -2.29. The second-order valence-electron chi connectivity index (χ2n) is 10.2. The quantitative estimate of drug-likeness (QED) is 0.325. The molecule has 1 N–H and O–H groups in total. The zero-order valence-corrected chi connectivity index (χ0v) is 24.9. The summed E-state index contributed by atoms with van der Waals surface area (Å²) in [6.45, 7) is 9.69. The molecule has 4 rings (SSSR count). The molecule has 0 radical (unpaired) electrons. The van der Waals surface area contributed by atoms with Crippen molar-refractivity contribution >= 4 is 40.7 Å². The van der Waals surface area contributed by atoms with Crippen molar-refractivity contribution in [1.29, 1.82) is 0 Å². The predicted molar refractivity (Wildman–Crippen MR) is 166 cm³/mol. The molecule has 0 aliphatic carbocycles. The van der Waals surface area contributed by atoms with Gasteiger partial charge in [0.2, 0.25) is 5.91 Å². The van der Waals surface area contributed by atoms with E-state index in [0.717, 1.165) is 30.6 Å². The van der Waals surface area contributed by atoms with Crippen molar-refractivity contribution < 1.29 is 14.4 Å². The van der Waals surface area contributed by atoms with Gasteiger partial charge in [0.15, 0.2) is 0 Å². The van der Waals surface area contributed by atoms with Crippen LogP contribution in [0.3, 0.4) is 0 Å². The summed E-state index contributed by atoms with van der Waals surface area (Å²) in [5.74, 6) is -0.440. The second kappa shape index (κ2) is 14.2. The Balaban J connectivity index is 1.57. The summed E-state index contributed by atoms with van der Waals surface area (Å²) in [4.78, 5) is 46.1. The van der Waals surface area contributed by atoms with Crippen molar-refractivity contribution in [2.45, 2.75) is 39.5 Å². The number of nitrogens with one attached hydrogen (secondary N) is 1. The molecule has 7 nitrogen and oxygen atoms in total. The summed E-state index contributed by atoms with van der Waals surface area (Å²) < 4.78 is 0. The van der Waals surface area contributed by atoms with Crippen LogP contribution in [0, 0.1) is 0 Å². The third-order valence-electron chi connectivity index (χ3n) is 7.71. The number of rotatable bonds is 9. The van der Waals surface area contributed by atoms with Gasteiger partial charge < -0.3 is 20.0 Å². The summed E-state index contributed by atoms with van der Waals surface area (Å²) in [5.41, 5.74) is 3.27. The van der Waals surface area contributed by atoms with Crippen LogP contribution in [0.5, 0.6) is 0 Å². The predicted octanol–water partition coefficient (Wildman–Crippen LogP) is 6.31. The Kier molecular flexibility index (Phi) is 10.4. The molecule has 1 atom stereocenters. The lowest BCUT2D eigenvalue weighted by atomic mass is 9.95. The molecular weight excluding hydrogens is 536 g/mol. The summed E-state index contributed by atoms with van der Waals surface area (Å²) in [7, 11) is 0. The SMILES string of the molecule is CC[C@H](C(=O)N1CCCN(c2ccc(NC(=O)c3ccccc3Cl)cc2C(=O)N(CC)CC)CC1)c1ccccc1. The number of carbonyl (C=O) groups excluding carboxylic acids is 3. The van der Waals surface area contributed by atoms with E-state index in [1.807, 2.05) is 61.2 Å². The van der Waals surface area contributed by atoms with Crippen LogP contribution in [-0.2, 0) is 4.79 Å². The molecule has 8 heteroatoms. The molecule has 0 spiro atoms. The average molecular weight is 575 g/mol. The van der Waals surface area contributed by atoms with Gasteiger partial charge in [0.05, 0.1) is 22.1 Å². The lowest BCUT2D eigenvalue weighted by molar-refractivity contribution is -0.132. The van der Waals surface area contributed by atoms with Crippen LogP contribution in [0.1, 0.15) is 65.8 Å². The van der Waals surface area contributed by atoms with Gasteiger partial charge in [-0.15, -0.1) is 0 Å². The van der Waals surface area contributed by atoms with Gasteiger partial charge >= 0.3 is 0 Å². The molecule has 3 aromatic rings. The number of nitrogens with zero attached hydrogens (tertiary/aromatic N) is 3. The highest BCUT2D eigenvalue weighted by molar-refractivity contribution is 6.34. The maximum atomic E-state index is 13.7. The fraction of sp³-hybridized carbons (Fsp3) is 0.364. The standard InChI is InChI=1S/C33H39ClN4O3/c1-4-26(24-13-8-7-9-14-24)32(40)38-20-12-19-37(21-22-38)30-18-17-25(23-28(30)33(41)36(5-2)6-3)35-31(39)27-15-10-11-16-29(27)34/h7-11,13-18,23,26H,4-6,12,19-22H2,1-3H3,(H,35,39)/t26-/m0/s1. The Bertz CT molecular complexity index is 1360. The molecular formula is C33H39ClN4O3. The summed E-state index contributed by atoms with van der Waals surface area (Å²) in [6.07, 6.45) is 1.54. The van der Waals surface area contributed by atoms with Gasteiger partial charge in [0, 0.05) is 50.6 Å². The molecule has 0 bridgehead atoms. The van der Waals surface area contributed by atoms with E-state index >= 15 is 0 Å². The highest BCUT2D eigenvalue weighted by Gasteiger charge is 2.28. The van der Waals surface area contributed by atoms with Crippen molar-refractivity contribution in [1.82, 2.24) is 9.80 Å². The number of carbonyl (C=O) groups is 3. The van der Waals surface area contributed by atoms with Gasteiger partial charge in [-0.1, -0.05) is 61.0 Å². The maximum Gasteiger partial charge on any atom is 0.257 e. The largest absolute Gasteiger partial charge is 0.369 e.